The molecule has 0 unspecified atom stereocenters. The quantitative estimate of drug-likeness (QED) is 0.333. The third-order valence-electron chi connectivity index (χ3n) is 4.30. The molecule has 2 heterocycles. The summed E-state index contributed by atoms with van der Waals surface area (Å²) in [5, 5.41) is 13.5. The van der Waals surface area contributed by atoms with Crippen LogP contribution >= 0.6 is 11.8 Å². The number of hydrogen-bond acceptors (Lipinski definition) is 5. The predicted molar refractivity (Wildman–Crippen MR) is 117 cm³/mol. The molecule has 0 radical (unpaired) electrons. The van der Waals surface area contributed by atoms with Gasteiger partial charge in [0.1, 0.15) is 17.4 Å². The summed E-state index contributed by atoms with van der Waals surface area (Å²) >= 11 is 1.34. The number of nitriles is 1. The van der Waals surface area contributed by atoms with Crippen LogP contribution in [0.15, 0.2) is 74.8 Å². The van der Waals surface area contributed by atoms with Gasteiger partial charge >= 0.3 is 0 Å². The maximum atomic E-state index is 12.5. The molecule has 4 aromatic rings. The standard InChI is InChI=1S/C23H18N4O2S/c1-14-9-15(2)11-17(10-14)25-22(28)16(13-24)12-18-7-8-21(29-18)30-23-26-19-5-3-4-6-20(19)27-23/h3-12H,1-2H3,(H,25,28)(H,26,27)/b16-12-. The Kier molecular flexibility index (Phi) is 5.42. The monoisotopic (exact) mass is 414 g/mol. The SMILES string of the molecule is Cc1cc(C)cc(NC(=O)/C(C#N)=C\c2ccc(Sc3nc4ccccc4[nH]3)o2)c1. The first kappa shape index (κ1) is 19.6. The van der Waals surface area contributed by atoms with Crippen molar-refractivity contribution in [3.63, 3.8) is 0 Å². The molecule has 148 valence electrons. The van der Waals surface area contributed by atoms with Crippen molar-refractivity contribution in [3.05, 3.63) is 77.1 Å². The molecule has 2 aromatic heterocycles. The highest BCUT2D eigenvalue weighted by molar-refractivity contribution is 7.99. The van der Waals surface area contributed by atoms with Crippen LogP contribution in [0.25, 0.3) is 17.1 Å². The van der Waals surface area contributed by atoms with Gasteiger partial charge in [0.25, 0.3) is 5.91 Å². The Bertz CT molecular complexity index is 1260. The fourth-order valence-corrected chi connectivity index (χ4v) is 3.85. The largest absolute Gasteiger partial charge is 0.450 e. The fourth-order valence-electron chi connectivity index (χ4n) is 3.08. The molecule has 7 heteroatoms. The summed E-state index contributed by atoms with van der Waals surface area (Å²) < 4.78 is 5.75. The van der Waals surface area contributed by atoms with E-state index in [-0.39, 0.29) is 5.57 Å². The summed E-state index contributed by atoms with van der Waals surface area (Å²) in [5.74, 6) is -0.0638. The van der Waals surface area contributed by atoms with E-state index in [9.17, 15) is 10.1 Å². The van der Waals surface area contributed by atoms with Crippen molar-refractivity contribution in [1.29, 1.82) is 5.26 Å². The minimum Gasteiger partial charge on any atom is -0.450 e. The number of aryl methyl sites for hydroxylation is 2. The van der Waals surface area contributed by atoms with Gasteiger partial charge in [0, 0.05) is 11.8 Å². The molecule has 1 amide bonds. The van der Waals surface area contributed by atoms with E-state index in [2.05, 4.69) is 15.3 Å². The van der Waals surface area contributed by atoms with Crippen LogP contribution in [0.2, 0.25) is 0 Å². The summed E-state index contributed by atoms with van der Waals surface area (Å²) in [6, 6.07) is 18.9. The van der Waals surface area contributed by atoms with Crippen LogP contribution in [-0.2, 0) is 4.79 Å². The molecule has 0 aliphatic carbocycles. The van der Waals surface area contributed by atoms with Crippen molar-refractivity contribution < 1.29 is 9.21 Å². The second-order valence-corrected chi connectivity index (χ2v) is 7.81. The number of benzene rings is 2. The Morgan fingerprint density at radius 1 is 1.17 bits per heavy atom. The Morgan fingerprint density at radius 3 is 2.67 bits per heavy atom. The Balaban J connectivity index is 1.49. The lowest BCUT2D eigenvalue weighted by Gasteiger charge is -2.06. The summed E-state index contributed by atoms with van der Waals surface area (Å²) in [4.78, 5) is 20.2. The first-order chi connectivity index (χ1) is 14.5. The van der Waals surface area contributed by atoms with Gasteiger partial charge in [-0.2, -0.15) is 5.26 Å². The maximum absolute atomic E-state index is 12.5. The smallest absolute Gasteiger partial charge is 0.266 e. The van der Waals surface area contributed by atoms with E-state index in [1.54, 1.807) is 12.1 Å². The van der Waals surface area contributed by atoms with Crippen LogP contribution in [-0.4, -0.2) is 15.9 Å². The second-order valence-electron chi connectivity index (χ2n) is 6.82. The molecule has 30 heavy (non-hydrogen) atoms. The van der Waals surface area contributed by atoms with Gasteiger partial charge in [-0.25, -0.2) is 4.98 Å². The Morgan fingerprint density at radius 2 is 1.93 bits per heavy atom. The normalized spacial score (nSPS) is 11.4. The van der Waals surface area contributed by atoms with Crippen LogP contribution in [0.4, 0.5) is 5.69 Å². The van der Waals surface area contributed by atoms with Gasteiger partial charge in [-0.3, -0.25) is 4.79 Å². The average Bonchev–Trinajstić information content (AvgIpc) is 3.31. The van der Waals surface area contributed by atoms with Gasteiger partial charge < -0.3 is 14.7 Å². The number of furan rings is 1. The van der Waals surface area contributed by atoms with Crippen molar-refractivity contribution in [3.8, 4) is 6.07 Å². The van der Waals surface area contributed by atoms with E-state index in [0.29, 0.717) is 21.7 Å². The summed E-state index contributed by atoms with van der Waals surface area (Å²) in [6.07, 6.45) is 1.43. The number of hydrogen-bond donors (Lipinski definition) is 2. The summed E-state index contributed by atoms with van der Waals surface area (Å²) in [6.45, 7) is 3.90. The van der Waals surface area contributed by atoms with Crippen LogP contribution in [0.1, 0.15) is 16.9 Å². The molecule has 0 saturated carbocycles. The molecule has 0 bridgehead atoms. The highest BCUT2D eigenvalue weighted by Crippen LogP contribution is 2.29. The third kappa shape index (κ3) is 4.45. The number of fused-ring (bicyclic) bond motifs is 1. The molecule has 2 aromatic carbocycles. The molecule has 2 N–H and O–H groups in total. The first-order valence-corrected chi connectivity index (χ1v) is 10.1. The van der Waals surface area contributed by atoms with E-state index >= 15 is 0 Å². The van der Waals surface area contributed by atoms with Gasteiger partial charge in [0.15, 0.2) is 10.2 Å². The van der Waals surface area contributed by atoms with Crippen molar-refractivity contribution >= 4 is 40.5 Å². The molecule has 0 aliphatic heterocycles. The van der Waals surface area contributed by atoms with Crippen LogP contribution in [0.3, 0.4) is 0 Å². The van der Waals surface area contributed by atoms with Gasteiger partial charge in [0.05, 0.1) is 11.0 Å². The molecule has 0 saturated heterocycles. The summed E-state index contributed by atoms with van der Waals surface area (Å²) in [5.41, 5.74) is 4.50. The van der Waals surface area contributed by atoms with Crippen LogP contribution in [0, 0.1) is 25.2 Å². The third-order valence-corrected chi connectivity index (χ3v) is 5.11. The molecular weight excluding hydrogens is 396 g/mol. The number of nitrogens with one attached hydrogen (secondary N) is 2. The number of H-pyrrole nitrogens is 1. The molecule has 0 fully saturated rings. The van der Waals surface area contributed by atoms with E-state index in [4.69, 9.17) is 4.42 Å². The number of nitrogens with zero attached hydrogens (tertiary/aromatic N) is 2. The van der Waals surface area contributed by atoms with Gasteiger partial charge in [-0.15, -0.1) is 0 Å². The van der Waals surface area contributed by atoms with E-state index < -0.39 is 5.91 Å². The first-order valence-electron chi connectivity index (χ1n) is 9.24. The van der Waals surface area contributed by atoms with E-state index in [1.807, 2.05) is 62.4 Å². The lowest BCUT2D eigenvalue weighted by Crippen LogP contribution is -2.13. The van der Waals surface area contributed by atoms with Gasteiger partial charge in [-0.1, -0.05) is 18.2 Å². The fraction of sp³-hybridized carbons (Fsp3) is 0.0870. The van der Waals surface area contributed by atoms with E-state index in [1.165, 1.54) is 17.8 Å². The van der Waals surface area contributed by atoms with Crippen molar-refractivity contribution in [1.82, 2.24) is 9.97 Å². The molecule has 0 aliphatic rings. The van der Waals surface area contributed by atoms with Crippen molar-refractivity contribution in [2.24, 2.45) is 0 Å². The van der Waals surface area contributed by atoms with Crippen LogP contribution in [0.5, 0.6) is 0 Å². The number of aromatic nitrogens is 2. The second kappa shape index (κ2) is 8.31. The number of carbonyl (C=O) groups excluding carboxylic acids is 1. The number of amides is 1. The predicted octanol–water partition coefficient (Wildman–Crippen LogP) is 5.47. The number of carbonyl (C=O) groups is 1. The highest BCUT2D eigenvalue weighted by atomic mass is 32.2. The molecule has 6 nitrogen and oxygen atoms in total. The molecule has 4 rings (SSSR count). The number of aromatic amines is 1. The lowest BCUT2D eigenvalue weighted by molar-refractivity contribution is -0.112. The summed E-state index contributed by atoms with van der Waals surface area (Å²) in [7, 11) is 0. The Hall–Kier alpha value is -3.76. The number of imidazole rings is 1. The minimum atomic E-state index is -0.481. The number of para-hydroxylation sites is 2. The average molecular weight is 414 g/mol. The zero-order chi connectivity index (χ0) is 21.1. The van der Waals surface area contributed by atoms with E-state index in [0.717, 1.165) is 22.2 Å². The van der Waals surface area contributed by atoms with Crippen LogP contribution < -0.4 is 5.32 Å². The highest BCUT2D eigenvalue weighted by Gasteiger charge is 2.13. The molecule has 0 atom stereocenters. The zero-order valence-electron chi connectivity index (χ0n) is 16.4. The lowest BCUT2D eigenvalue weighted by atomic mass is 10.1. The molecule has 0 spiro atoms. The van der Waals surface area contributed by atoms with Crippen molar-refractivity contribution in [2.75, 3.05) is 5.32 Å². The number of anilines is 1. The Labute approximate surface area is 177 Å². The topological polar surface area (TPSA) is 94.7 Å². The van der Waals surface area contributed by atoms with Crippen molar-refractivity contribution in [2.45, 2.75) is 24.1 Å². The zero-order valence-corrected chi connectivity index (χ0v) is 17.2. The minimum absolute atomic E-state index is 0.0382. The van der Waals surface area contributed by atoms with Gasteiger partial charge in [0.2, 0.25) is 0 Å². The molecular formula is C23H18N4O2S. The number of rotatable bonds is 5. The maximum Gasteiger partial charge on any atom is 0.266 e. The van der Waals surface area contributed by atoms with Gasteiger partial charge in [-0.05, 0) is 73.1 Å².